The molecule has 8 aromatic heterocycles. The van der Waals surface area contributed by atoms with E-state index in [9.17, 15) is 0 Å². The molecule has 0 bridgehead atoms. The molecule has 2 atom stereocenters. The van der Waals surface area contributed by atoms with Crippen molar-refractivity contribution >= 4 is 22.5 Å². The van der Waals surface area contributed by atoms with E-state index in [1.54, 1.807) is 5.84 Å². The van der Waals surface area contributed by atoms with E-state index in [1.165, 1.54) is 191 Å². The number of nitrogens with zero attached hydrogens (tertiary/aromatic N) is 12. The van der Waals surface area contributed by atoms with E-state index >= 15 is 0 Å². The molecule has 12 nitrogen and oxygen atoms in total. The Kier molecular flexibility index (Phi) is 15.8. The fourth-order valence-electron chi connectivity index (χ4n) is 18.4. The number of hydrogen-bond donors (Lipinski definition) is 0. The van der Waals surface area contributed by atoms with Crippen LogP contribution < -0.4 is 22.8 Å². The second-order valence-corrected chi connectivity index (χ2v) is 33.2. The molecule has 12 heteroatoms. The van der Waals surface area contributed by atoms with Crippen molar-refractivity contribution < 1.29 is 27.4 Å². The highest BCUT2D eigenvalue weighted by molar-refractivity contribution is 5.87. The first kappa shape index (κ1) is 66.9. The summed E-state index contributed by atoms with van der Waals surface area (Å²) in [5, 5.41) is 0. The highest BCUT2D eigenvalue weighted by Gasteiger charge is 2.59. The van der Waals surface area contributed by atoms with Crippen molar-refractivity contribution in [2.75, 3.05) is 7.05 Å². The van der Waals surface area contributed by atoms with E-state index in [0.29, 0.717) is 28.7 Å². The second-order valence-electron chi connectivity index (χ2n) is 33.2. The molecule has 488 valence electrons. The molecule has 15 heterocycles. The normalized spacial score (nSPS) is 20.2. The number of aromatic nitrogens is 10. The molecule has 0 radical (unpaired) electrons. The molecular weight excluding hydrogens is 1100 g/mol. The summed E-state index contributed by atoms with van der Waals surface area (Å²) < 4.78 is 26.9. The summed E-state index contributed by atoms with van der Waals surface area (Å²) in [5.41, 5.74) is 35.0. The summed E-state index contributed by atoms with van der Waals surface area (Å²) in [6.45, 7) is 75.1. The van der Waals surface area contributed by atoms with Gasteiger partial charge in [0, 0.05) is 65.2 Å². The zero-order valence-corrected chi connectivity index (χ0v) is 63.8. The van der Waals surface area contributed by atoms with Crippen molar-refractivity contribution in [2.45, 2.75) is 312 Å². The maximum atomic E-state index is 2.57. The van der Waals surface area contributed by atoms with Crippen LogP contribution in [0.25, 0.3) is 16.7 Å². The van der Waals surface area contributed by atoms with Crippen molar-refractivity contribution in [3.05, 3.63) is 136 Å². The monoisotopic (exact) mass is 1230 g/mol. The van der Waals surface area contributed by atoms with Gasteiger partial charge in [-0.3, -0.25) is 9.48 Å². The summed E-state index contributed by atoms with van der Waals surface area (Å²) in [6.07, 6.45) is 7.23. The Labute approximate surface area is 543 Å². The molecule has 2 unspecified atom stereocenters. The van der Waals surface area contributed by atoms with Gasteiger partial charge in [0.15, 0.2) is 28.1 Å². The van der Waals surface area contributed by atoms with E-state index < -0.39 is 0 Å². The molecule has 0 N–H and O–H groups in total. The predicted molar refractivity (Wildman–Crippen MR) is 370 cm³/mol. The summed E-state index contributed by atoms with van der Waals surface area (Å²) in [7, 11) is 6.52. The Bertz CT molecular complexity index is 4070. The minimum Gasteiger partial charge on any atom is -0.262 e. The van der Waals surface area contributed by atoms with Crippen molar-refractivity contribution in [1.29, 1.82) is 0 Å². The number of pyridine rings is 3. The molecule has 0 spiro atoms. The fraction of sp³-hybridized carbons (Fsp3) is 0.641. The van der Waals surface area contributed by atoms with Crippen LogP contribution in [-0.4, -0.2) is 62.3 Å². The minimum atomic E-state index is 0.272. The van der Waals surface area contributed by atoms with E-state index in [-0.39, 0.29) is 16.6 Å². The van der Waals surface area contributed by atoms with Gasteiger partial charge in [-0.2, -0.15) is 13.2 Å². The van der Waals surface area contributed by atoms with Crippen molar-refractivity contribution in [1.82, 2.24) is 27.2 Å². The smallest absolute Gasteiger partial charge is 0.262 e. The molecule has 0 aromatic carbocycles. The van der Waals surface area contributed by atoms with E-state index in [1.807, 2.05) is 0 Å². The number of imidazole rings is 5. The Morgan fingerprint density at radius 1 is 0.367 bits per heavy atom. The molecule has 0 aliphatic carbocycles. The van der Waals surface area contributed by atoms with Gasteiger partial charge >= 0.3 is 0 Å². The SMILES string of the molecule is CC1C(C)[N+](C)=C2CC(C)(C)N21.Cc1c(C)[n+](C)c2n1C(C)(C)C2.Cc1c(C)c(C)n2c(C)[n+]3c(c2c1C)CC3(C)C.Cc1c(C)c(C)n2c(C)c3[n+](c2c1C)C(C)(C)C3.Cc1c(C)c(C)n2c3[n+](c(C)c2c1C)C(C)(C)C3.Cc1c2[n+](c(C)n1C)C(C)(C)C2. The Hall–Kier alpha value is -6.04. The number of rotatable bonds is 0. The van der Waals surface area contributed by atoms with Crippen LogP contribution in [0.5, 0.6) is 0 Å². The lowest BCUT2D eigenvalue weighted by molar-refractivity contribution is -0.807. The summed E-state index contributed by atoms with van der Waals surface area (Å²) in [6, 6.07) is 1.37. The molecule has 7 aliphatic rings. The third-order valence-corrected chi connectivity index (χ3v) is 25.0. The van der Waals surface area contributed by atoms with Crippen LogP contribution in [0.4, 0.5) is 0 Å². The van der Waals surface area contributed by atoms with Gasteiger partial charge in [-0.15, -0.1) is 0 Å². The average Bonchev–Trinajstić information content (AvgIpc) is 1.56. The second kappa shape index (κ2) is 21.2. The van der Waals surface area contributed by atoms with Crippen molar-refractivity contribution in [2.24, 2.45) is 14.1 Å². The zero-order chi connectivity index (χ0) is 67.5. The summed E-state index contributed by atoms with van der Waals surface area (Å²) in [5.74, 6) is 7.23. The van der Waals surface area contributed by atoms with Crippen LogP contribution >= 0.6 is 0 Å². The first-order valence-electron chi connectivity index (χ1n) is 34.3. The van der Waals surface area contributed by atoms with E-state index in [2.05, 4.69) is 304 Å². The van der Waals surface area contributed by atoms with Crippen LogP contribution in [0.3, 0.4) is 0 Å². The van der Waals surface area contributed by atoms with Gasteiger partial charge in [-0.25, -0.2) is 32.0 Å². The largest absolute Gasteiger partial charge is 0.290 e. The van der Waals surface area contributed by atoms with Gasteiger partial charge in [0.1, 0.15) is 90.9 Å². The number of likely N-dealkylation sites (N-methyl/N-ethyl adjacent to an activating group) is 1. The predicted octanol–water partition coefficient (Wildman–Crippen LogP) is 12.9. The quantitative estimate of drug-likeness (QED) is 0.140. The van der Waals surface area contributed by atoms with Crippen molar-refractivity contribution in [3.8, 4) is 0 Å². The first-order chi connectivity index (χ1) is 41.2. The lowest BCUT2D eigenvalue weighted by atomic mass is 9.86. The Balaban J connectivity index is 0.000000120. The lowest BCUT2D eigenvalue weighted by Gasteiger charge is -2.42. The number of amidine groups is 1. The van der Waals surface area contributed by atoms with Crippen LogP contribution in [-0.2, 0) is 73.9 Å². The van der Waals surface area contributed by atoms with Gasteiger partial charge in [0.05, 0.1) is 59.7 Å². The van der Waals surface area contributed by atoms with Crippen LogP contribution in [0.15, 0.2) is 0 Å². The van der Waals surface area contributed by atoms with Gasteiger partial charge in [0.25, 0.3) is 34.8 Å². The molecule has 7 aliphatic heterocycles. The summed E-state index contributed by atoms with van der Waals surface area (Å²) >= 11 is 0. The van der Waals surface area contributed by atoms with Crippen LogP contribution in [0, 0.1) is 132 Å². The third-order valence-electron chi connectivity index (χ3n) is 25.0. The Morgan fingerprint density at radius 2 is 0.811 bits per heavy atom. The highest BCUT2D eigenvalue weighted by atomic mass is 15.4. The lowest BCUT2D eigenvalue weighted by Crippen LogP contribution is -2.66. The maximum Gasteiger partial charge on any atom is 0.290 e. The Morgan fingerprint density at radius 3 is 1.23 bits per heavy atom. The topological polar surface area (TPSA) is 48.7 Å². The minimum absolute atomic E-state index is 0.272. The summed E-state index contributed by atoms with van der Waals surface area (Å²) in [4.78, 5) is 2.57. The number of aryl methyl sites for hydroxylation is 9. The van der Waals surface area contributed by atoms with E-state index in [0.717, 1.165) is 0 Å². The molecule has 8 aromatic rings. The van der Waals surface area contributed by atoms with Gasteiger partial charge < -0.3 is 0 Å². The maximum absolute atomic E-state index is 2.57. The fourth-order valence-corrected chi connectivity index (χ4v) is 18.4. The van der Waals surface area contributed by atoms with Crippen LogP contribution in [0.2, 0.25) is 0 Å². The molecular formula is C78H122N12+6. The van der Waals surface area contributed by atoms with Crippen molar-refractivity contribution in [3.63, 3.8) is 0 Å². The van der Waals surface area contributed by atoms with Gasteiger partial charge in [0.2, 0.25) is 0 Å². The van der Waals surface area contributed by atoms with Gasteiger partial charge in [-0.05, 0) is 213 Å². The van der Waals surface area contributed by atoms with E-state index in [4.69, 9.17) is 0 Å². The third kappa shape index (κ3) is 9.33. The van der Waals surface area contributed by atoms with Crippen LogP contribution in [0.1, 0.15) is 239 Å². The molecule has 0 amide bonds. The molecule has 90 heavy (non-hydrogen) atoms. The molecule has 15 rings (SSSR count). The average molecular weight is 1230 g/mol. The molecule has 1 fully saturated rings. The molecule has 0 saturated carbocycles. The molecule has 1 saturated heterocycles. The number of hydrogen-bond acceptors (Lipinski definition) is 1. The standard InChI is InChI=1S/3C16H23N2.C10H17N2.C10H19N2.C10H17N2/c1-9-10(2)12(4)17-13(5)18-14(8-16(18,6)7)15(17)11(9)3;1-9-10(2)12(4)17-14-8-16(6,7)18(14)13(5)15(17)11(9)3;1-9-10(2)12(4)17-13(5)14-8-16(6,7)18(14)15(17)11(9)3;1-7-9-6-10(3,4)12(9)8(2)11(7)5;2*1-7-8(2)12-9(11(7)5)6-10(12,3)4/h3*8H2,1-7H3;6H2,1-5H3;7-8H,6H2,1-5H3;6H2,1-5H3/q6*+1. The highest BCUT2D eigenvalue weighted by Crippen LogP contribution is 2.41. The first-order valence-corrected chi connectivity index (χ1v) is 34.3. The number of fused-ring (bicyclic) bond motifs is 12. The zero-order valence-electron chi connectivity index (χ0n) is 63.8. The van der Waals surface area contributed by atoms with Gasteiger partial charge in [-0.1, -0.05) is 0 Å².